The highest BCUT2D eigenvalue weighted by Crippen LogP contribution is 2.26. The van der Waals surface area contributed by atoms with Gasteiger partial charge in [-0.05, 0) is 37.5 Å². The highest BCUT2D eigenvalue weighted by Gasteiger charge is 2.24. The van der Waals surface area contributed by atoms with Crippen molar-refractivity contribution in [3.8, 4) is 5.75 Å². The zero-order valence-corrected chi connectivity index (χ0v) is 14.9. The summed E-state index contributed by atoms with van der Waals surface area (Å²) >= 11 is 0. The minimum Gasteiger partial charge on any atom is -0.495 e. The Bertz CT molecular complexity index is 578. The Morgan fingerprint density at radius 3 is 2.46 bits per heavy atom. The van der Waals surface area contributed by atoms with E-state index >= 15 is 0 Å². The van der Waals surface area contributed by atoms with Crippen LogP contribution in [0.4, 0.5) is 5.69 Å². The molecule has 0 unspecified atom stereocenters. The number of nitrogens with zero attached hydrogens (tertiary/aromatic N) is 1. The van der Waals surface area contributed by atoms with Crippen molar-refractivity contribution < 1.29 is 14.3 Å². The van der Waals surface area contributed by atoms with Gasteiger partial charge >= 0.3 is 0 Å². The average molecular weight is 332 g/mol. The van der Waals surface area contributed by atoms with Gasteiger partial charge in [0.25, 0.3) is 0 Å². The van der Waals surface area contributed by atoms with Gasteiger partial charge in [0.2, 0.25) is 11.8 Å². The molecule has 1 aliphatic rings. The molecule has 0 atom stereocenters. The van der Waals surface area contributed by atoms with Gasteiger partial charge in [0, 0.05) is 13.0 Å². The molecule has 1 fully saturated rings. The van der Waals surface area contributed by atoms with Crippen molar-refractivity contribution in [2.24, 2.45) is 0 Å². The SMILES string of the molecule is COc1ccc(C)cc1NC(=O)CN(C(C)=O)C1CCCCCC1. The van der Waals surface area contributed by atoms with Crippen LogP contribution >= 0.6 is 0 Å². The van der Waals surface area contributed by atoms with Gasteiger partial charge in [-0.25, -0.2) is 0 Å². The van der Waals surface area contributed by atoms with Crippen molar-refractivity contribution in [1.29, 1.82) is 0 Å². The molecule has 1 saturated carbocycles. The second kappa shape index (κ2) is 8.71. The third-order valence-corrected chi connectivity index (χ3v) is 4.61. The van der Waals surface area contributed by atoms with Gasteiger partial charge in [0.1, 0.15) is 12.3 Å². The molecule has 1 aliphatic carbocycles. The van der Waals surface area contributed by atoms with Gasteiger partial charge in [0.15, 0.2) is 0 Å². The van der Waals surface area contributed by atoms with E-state index in [4.69, 9.17) is 4.74 Å². The van der Waals surface area contributed by atoms with Crippen molar-refractivity contribution in [2.75, 3.05) is 19.0 Å². The molecule has 132 valence electrons. The topological polar surface area (TPSA) is 58.6 Å². The monoisotopic (exact) mass is 332 g/mol. The summed E-state index contributed by atoms with van der Waals surface area (Å²) in [4.78, 5) is 26.2. The molecule has 2 rings (SSSR count). The molecule has 0 bridgehead atoms. The largest absolute Gasteiger partial charge is 0.495 e. The van der Waals surface area contributed by atoms with Crippen molar-refractivity contribution >= 4 is 17.5 Å². The van der Waals surface area contributed by atoms with E-state index in [0.29, 0.717) is 11.4 Å². The zero-order valence-electron chi connectivity index (χ0n) is 14.9. The first kappa shape index (κ1) is 18.3. The fourth-order valence-electron chi connectivity index (χ4n) is 3.33. The summed E-state index contributed by atoms with van der Waals surface area (Å²) in [5.74, 6) is 0.407. The molecule has 0 spiro atoms. The van der Waals surface area contributed by atoms with E-state index < -0.39 is 0 Å². The van der Waals surface area contributed by atoms with Gasteiger partial charge < -0.3 is 15.0 Å². The van der Waals surface area contributed by atoms with E-state index in [1.54, 1.807) is 18.9 Å². The number of rotatable bonds is 5. The van der Waals surface area contributed by atoms with E-state index in [2.05, 4.69) is 5.32 Å². The number of hydrogen-bond acceptors (Lipinski definition) is 3. The number of carbonyl (C=O) groups excluding carboxylic acids is 2. The Balaban J connectivity index is 2.05. The second-order valence-electron chi connectivity index (χ2n) is 6.54. The first-order chi connectivity index (χ1) is 11.5. The minimum absolute atomic E-state index is 0.0340. The first-order valence-electron chi connectivity index (χ1n) is 8.73. The van der Waals surface area contributed by atoms with Crippen molar-refractivity contribution in [1.82, 2.24) is 4.90 Å². The first-order valence-corrected chi connectivity index (χ1v) is 8.73. The second-order valence-corrected chi connectivity index (χ2v) is 6.54. The summed E-state index contributed by atoms with van der Waals surface area (Å²) < 4.78 is 5.29. The van der Waals surface area contributed by atoms with E-state index in [1.807, 2.05) is 25.1 Å². The van der Waals surface area contributed by atoms with Crippen LogP contribution in [-0.4, -0.2) is 36.4 Å². The Morgan fingerprint density at radius 1 is 1.21 bits per heavy atom. The Labute approximate surface area is 144 Å². The number of aryl methyl sites for hydroxylation is 1. The van der Waals surface area contributed by atoms with E-state index in [0.717, 1.165) is 31.2 Å². The summed E-state index contributed by atoms with van der Waals surface area (Å²) in [5.41, 5.74) is 1.69. The van der Waals surface area contributed by atoms with Gasteiger partial charge in [0.05, 0.1) is 12.8 Å². The number of hydrogen-bond donors (Lipinski definition) is 1. The molecule has 1 aromatic rings. The van der Waals surface area contributed by atoms with Crippen LogP contribution < -0.4 is 10.1 Å². The van der Waals surface area contributed by atoms with Crippen molar-refractivity contribution in [3.63, 3.8) is 0 Å². The Hall–Kier alpha value is -2.04. The maximum Gasteiger partial charge on any atom is 0.244 e. The molecule has 5 nitrogen and oxygen atoms in total. The fourth-order valence-corrected chi connectivity index (χ4v) is 3.33. The van der Waals surface area contributed by atoms with Crippen LogP contribution in [0.2, 0.25) is 0 Å². The summed E-state index contributed by atoms with van der Waals surface area (Å²) in [5, 5.41) is 2.88. The maximum absolute atomic E-state index is 12.5. The van der Waals surface area contributed by atoms with Gasteiger partial charge in [-0.3, -0.25) is 9.59 Å². The molecule has 0 aromatic heterocycles. The van der Waals surface area contributed by atoms with Crippen LogP contribution in [0.25, 0.3) is 0 Å². The van der Waals surface area contributed by atoms with Crippen LogP contribution in [0.15, 0.2) is 18.2 Å². The molecule has 0 radical (unpaired) electrons. The van der Waals surface area contributed by atoms with Crippen molar-refractivity contribution in [2.45, 2.75) is 58.4 Å². The third kappa shape index (κ3) is 4.98. The Morgan fingerprint density at radius 2 is 1.88 bits per heavy atom. The summed E-state index contributed by atoms with van der Waals surface area (Å²) in [6, 6.07) is 5.82. The lowest BCUT2D eigenvalue weighted by Gasteiger charge is -2.29. The number of benzene rings is 1. The number of anilines is 1. The molecule has 2 amide bonds. The van der Waals surface area contributed by atoms with Crippen molar-refractivity contribution in [3.05, 3.63) is 23.8 Å². The fraction of sp³-hybridized carbons (Fsp3) is 0.579. The number of nitrogens with one attached hydrogen (secondary N) is 1. The third-order valence-electron chi connectivity index (χ3n) is 4.61. The van der Waals surface area contributed by atoms with E-state index in [1.165, 1.54) is 12.8 Å². The van der Waals surface area contributed by atoms with Crippen LogP contribution in [0.5, 0.6) is 5.75 Å². The van der Waals surface area contributed by atoms with Crippen LogP contribution in [0, 0.1) is 6.92 Å². The predicted molar refractivity (Wildman–Crippen MR) is 95.2 cm³/mol. The molecule has 24 heavy (non-hydrogen) atoms. The quantitative estimate of drug-likeness (QED) is 0.839. The summed E-state index contributed by atoms with van der Waals surface area (Å²) in [6.07, 6.45) is 6.66. The van der Waals surface area contributed by atoms with Crippen LogP contribution in [0.3, 0.4) is 0 Å². The molecule has 1 N–H and O–H groups in total. The lowest BCUT2D eigenvalue weighted by Crippen LogP contribution is -2.43. The number of ether oxygens (including phenoxy) is 1. The molecule has 0 heterocycles. The van der Waals surface area contributed by atoms with Crippen LogP contribution in [0.1, 0.15) is 51.0 Å². The lowest BCUT2D eigenvalue weighted by atomic mass is 10.1. The maximum atomic E-state index is 12.5. The van der Waals surface area contributed by atoms with Gasteiger partial charge in [-0.2, -0.15) is 0 Å². The molecular weight excluding hydrogens is 304 g/mol. The smallest absolute Gasteiger partial charge is 0.244 e. The number of amides is 2. The zero-order chi connectivity index (χ0) is 17.5. The standard InChI is InChI=1S/C19H28N2O3/c1-14-10-11-18(24-3)17(12-14)20-19(23)13-21(15(2)22)16-8-6-4-5-7-9-16/h10-12,16H,4-9,13H2,1-3H3,(H,20,23). The number of methoxy groups -OCH3 is 1. The highest BCUT2D eigenvalue weighted by atomic mass is 16.5. The number of carbonyl (C=O) groups is 2. The minimum atomic E-state index is -0.182. The predicted octanol–water partition coefficient (Wildman–Crippen LogP) is 3.51. The van der Waals surface area contributed by atoms with E-state index in [9.17, 15) is 9.59 Å². The summed E-state index contributed by atoms with van der Waals surface area (Å²) in [6.45, 7) is 3.60. The lowest BCUT2D eigenvalue weighted by molar-refractivity contribution is -0.135. The summed E-state index contributed by atoms with van der Waals surface area (Å²) in [7, 11) is 1.58. The molecular formula is C19H28N2O3. The Kier molecular flexibility index (Phi) is 6.64. The molecule has 0 saturated heterocycles. The normalized spacial score (nSPS) is 15.5. The van der Waals surface area contributed by atoms with E-state index in [-0.39, 0.29) is 24.4 Å². The molecule has 5 heteroatoms. The molecule has 0 aliphatic heterocycles. The molecule has 1 aromatic carbocycles. The van der Waals surface area contributed by atoms with Crippen LogP contribution in [-0.2, 0) is 9.59 Å². The average Bonchev–Trinajstić information content (AvgIpc) is 2.81. The van der Waals surface area contributed by atoms with Gasteiger partial charge in [-0.1, -0.05) is 31.7 Å². The highest BCUT2D eigenvalue weighted by molar-refractivity contribution is 5.95. The van der Waals surface area contributed by atoms with Gasteiger partial charge in [-0.15, -0.1) is 0 Å².